The molecule has 0 radical (unpaired) electrons. The van der Waals surface area contributed by atoms with Crippen molar-refractivity contribution in [1.82, 2.24) is 9.80 Å². The monoisotopic (exact) mass is 362 g/mol. The van der Waals surface area contributed by atoms with Crippen molar-refractivity contribution in [2.24, 2.45) is 0 Å². The SMILES string of the molecule is C[C@H](c1cccc(-c2ccc(C(=O)N3CCCCC3)cc2)c1)N1CCCC1. The molecular formula is C24H30N2O. The number of hydrogen-bond donors (Lipinski definition) is 0. The summed E-state index contributed by atoms with van der Waals surface area (Å²) in [7, 11) is 0. The maximum Gasteiger partial charge on any atom is 0.253 e. The van der Waals surface area contributed by atoms with Crippen LogP contribution in [0.5, 0.6) is 0 Å². The molecule has 142 valence electrons. The fourth-order valence-corrected chi connectivity index (χ4v) is 4.40. The number of benzene rings is 2. The number of hydrogen-bond acceptors (Lipinski definition) is 2. The number of likely N-dealkylation sites (tertiary alicyclic amines) is 2. The molecule has 3 heteroatoms. The van der Waals surface area contributed by atoms with Crippen LogP contribution in [0.3, 0.4) is 0 Å². The molecule has 0 spiro atoms. The molecule has 1 atom stereocenters. The zero-order chi connectivity index (χ0) is 18.6. The van der Waals surface area contributed by atoms with E-state index in [0.29, 0.717) is 6.04 Å². The van der Waals surface area contributed by atoms with Gasteiger partial charge in [0.2, 0.25) is 0 Å². The van der Waals surface area contributed by atoms with Gasteiger partial charge in [-0.25, -0.2) is 0 Å². The van der Waals surface area contributed by atoms with E-state index in [9.17, 15) is 4.79 Å². The second kappa shape index (κ2) is 8.26. The third-order valence-corrected chi connectivity index (χ3v) is 6.17. The highest BCUT2D eigenvalue weighted by atomic mass is 16.2. The smallest absolute Gasteiger partial charge is 0.253 e. The van der Waals surface area contributed by atoms with Crippen molar-refractivity contribution in [1.29, 1.82) is 0 Å². The Hall–Kier alpha value is -2.13. The molecule has 0 aromatic heterocycles. The molecule has 0 saturated carbocycles. The van der Waals surface area contributed by atoms with E-state index in [1.165, 1.54) is 49.0 Å². The molecule has 2 heterocycles. The number of rotatable bonds is 4. The third kappa shape index (κ3) is 4.08. The fraction of sp³-hybridized carbons (Fsp3) is 0.458. The second-order valence-electron chi connectivity index (χ2n) is 7.97. The summed E-state index contributed by atoms with van der Waals surface area (Å²) < 4.78 is 0. The van der Waals surface area contributed by atoms with Crippen LogP contribution < -0.4 is 0 Å². The Morgan fingerprint density at radius 1 is 0.815 bits per heavy atom. The van der Waals surface area contributed by atoms with Gasteiger partial charge in [0, 0.05) is 24.7 Å². The minimum atomic E-state index is 0.178. The van der Waals surface area contributed by atoms with Gasteiger partial charge in [-0.3, -0.25) is 9.69 Å². The Labute approximate surface area is 163 Å². The summed E-state index contributed by atoms with van der Waals surface area (Å²) in [6, 6.07) is 17.5. The van der Waals surface area contributed by atoms with Crippen LogP contribution in [0.4, 0.5) is 0 Å². The molecule has 0 aliphatic carbocycles. The van der Waals surface area contributed by atoms with Crippen LogP contribution in [0.25, 0.3) is 11.1 Å². The average molecular weight is 363 g/mol. The summed E-state index contributed by atoms with van der Waals surface area (Å²) in [5.74, 6) is 0.178. The van der Waals surface area contributed by atoms with Gasteiger partial charge in [-0.15, -0.1) is 0 Å². The Morgan fingerprint density at radius 3 is 2.19 bits per heavy atom. The Morgan fingerprint density at radius 2 is 1.48 bits per heavy atom. The van der Waals surface area contributed by atoms with Crippen molar-refractivity contribution in [3.63, 3.8) is 0 Å². The minimum Gasteiger partial charge on any atom is -0.339 e. The molecule has 3 nitrogen and oxygen atoms in total. The molecule has 2 aromatic rings. The first-order valence-corrected chi connectivity index (χ1v) is 10.5. The number of amides is 1. The van der Waals surface area contributed by atoms with Gasteiger partial charge in [0.15, 0.2) is 0 Å². The van der Waals surface area contributed by atoms with E-state index in [0.717, 1.165) is 31.5 Å². The first kappa shape index (κ1) is 18.2. The van der Waals surface area contributed by atoms with Gasteiger partial charge in [0.1, 0.15) is 0 Å². The Balaban J connectivity index is 1.50. The molecule has 27 heavy (non-hydrogen) atoms. The lowest BCUT2D eigenvalue weighted by molar-refractivity contribution is 0.0724. The lowest BCUT2D eigenvalue weighted by Gasteiger charge is -2.26. The summed E-state index contributed by atoms with van der Waals surface area (Å²) >= 11 is 0. The van der Waals surface area contributed by atoms with E-state index < -0.39 is 0 Å². The molecule has 2 fully saturated rings. The van der Waals surface area contributed by atoms with Crippen LogP contribution in [0.2, 0.25) is 0 Å². The number of carbonyl (C=O) groups excluding carboxylic acids is 1. The quantitative estimate of drug-likeness (QED) is 0.752. The van der Waals surface area contributed by atoms with Crippen molar-refractivity contribution in [2.75, 3.05) is 26.2 Å². The van der Waals surface area contributed by atoms with Crippen LogP contribution in [-0.4, -0.2) is 41.9 Å². The van der Waals surface area contributed by atoms with Crippen molar-refractivity contribution < 1.29 is 4.79 Å². The van der Waals surface area contributed by atoms with Gasteiger partial charge >= 0.3 is 0 Å². The minimum absolute atomic E-state index is 0.178. The van der Waals surface area contributed by atoms with E-state index in [1.807, 2.05) is 17.0 Å². The summed E-state index contributed by atoms with van der Waals surface area (Å²) in [4.78, 5) is 17.2. The van der Waals surface area contributed by atoms with Crippen molar-refractivity contribution >= 4 is 5.91 Å². The zero-order valence-electron chi connectivity index (χ0n) is 16.4. The molecule has 4 rings (SSSR count). The second-order valence-corrected chi connectivity index (χ2v) is 7.97. The van der Waals surface area contributed by atoms with E-state index in [1.54, 1.807) is 0 Å². The van der Waals surface area contributed by atoms with E-state index >= 15 is 0 Å². The number of nitrogens with zero attached hydrogens (tertiary/aromatic N) is 2. The molecule has 0 unspecified atom stereocenters. The highest BCUT2D eigenvalue weighted by Crippen LogP contribution is 2.28. The molecule has 2 saturated heterocycles. The van der Waals surface area contributed by atoms with Gasteiger partial charge in [0.05, 0.1) is 0 Å². The van der Waals surface area contributed by atoms with Crippen LogP contribution in [0, 0.1) is 0 Å². The van der Waals surface area contributed by atoms with Crippen molar-refractivity contribution in [3.8, 4) is 11.1 Å². The normalized spacial score (nSPS) is 19.2. The average Bonchev–Trinajstić information content (AvgIpc) is 3.28. The maximum absolute atomic E-state index is 12.7. The maximum atomic E-state index is 12.7. The van der Waals surface area contributed by atoms with Gasteiger partial charge in [-0.2, -0.15) is 0 Å². The van der Waals surface area contributed by atoms with Gasteiger partial charge in [0.25, 0.3) is 5.91 Å². The summed E-state index contributed by atoms with van der Waals surface area (Å²) in [6.45, 7) is 6.52. The van der Waals surface area contributed by atoms with E-state index in [-0.39, 0.29) is 5.91 Å². The van der Waals surface area contributed by atoms with Gasteiger partial charge in [-0.05, 0) is 87.0 Å². The van der Waals surface area contributed by atoms with Crippen LogP contribution in [-0.2, 0) is 0 Å². The first-order valence-electron chi connectivity index (χ1n) is 10.5. The topological polar surface area (TPSA) is 23.6 Å². The molecular weight excluding hydrogens is 332 g/mol. The molecule has 2 aliphatic heterocycles. The summed E-state index contributed by atoms with van der Waals surface area (Å²) in [5.41, 5.74) is 4.60. The zero-order valence-corrected chi connectivity index (χ0v) is 16.4. The number of piperidine rings is 1. The van der Waals surface area contributed by atoms with Gasteiger partial charge < -0.3 is 4.90 Å². The van der Waals surface area contributed by atoms with Crippen molar-refractivity contribution in [2.45, 2.75) is 45.1 Å². The first-order chi connectivity index (χ1) is 13.2. The summed E-state index contributed by atoms with van der Waals surface area (Å²) in [5, 5.41) is 0. The predicted molar refractivity (Wildman–Crippen MR) is 111 cm³/mol. The van der Waals surface area contributed by atoms with Crippen LogP contribution >= 0.6 is 0 Å². The molecule has 0 bridgehead atoms. The highest BCUT2D eigenvalue weighted by molar-refractivity contribution is 5.94. The molecule has 0 N–H and O–H groups in total. The Bertz CT molecular complexity index is 771. The Kier molecular flexibility index (Phi) is 5.58. The predicted octanol–water partition coefficient (Wildman–Crippen LogP) is 5.14. The van der Waals surface area contributed by atoms with E-state index in [2.05, 4.69) is 48.2 Å². The summed E-state index contributed by atoms with van der Waals surface area (Å²) in [6.07, 6.45) is 6.14. The molecule has 1 amide bonds. The van der Waals surface area contributed by atoms with Crippen LogP contribution in [0.1, 0.15) is 61.0 Å². The van der Waals surface area contributed by atoms with E-state index in [4.69, 9.17) is 0 Å². The van der Waals surface area contributed by atoms with Crippen molar-refractivity contribution in [3.05, 3.63) is 59.7 Å². The molecule has 2 aromatic carbocycles. The fourth-order valence-electron chi connectivity index (χ4n) is 4.40. The molecule has 2 aliphatic rings. The number of carbonyl (C=O) groups is 1. The highest BCUT2D eigenvalue weighted by Gasteiger charge is 2.20. The van der Waals surface area contributed by atoms with Crippen LogP contribution in [0.15, 0.2) is 48.5 Å². The largest absolute Gasteiger partial charge is 0.339 e. The standard InChI is InChI=1S/C24H30N2O/c1-19(25-14-5-6-15-25)22-8-7-9-23(18-22)20-10-12-21(13-11-20)24(27)26-16-3-2-4-17-26/h7-13,18-19H,2-6,14-17H2,1H3/t19-/m1/s1. The third-order valence-electron chi connectivity index (χ3n) is 6.17. The van der Waals surface area contributed by atoms with Gasteiger partial charge in [-0.1, -0.05) is 30.3 Å². The lowest BCUT2D eigenvalue weighted by atomic mass is 9.98. The lowest BCUT2D eigenvalue weighted by Crippen LogP contribution is -2.35.